The molecule has 0 fully saturated rings. The van der Waals surface area contributed by atoms with E-state index in [2.05, 4.69) is 4.98 Å². The molecule has 88 valence electrons. The van der Waals surface area contributed by atoms with Crippen LogP contribution in [0.4, 0.5) is 4.39 Å². The van der Waals surface area contributed by atoms with Gasteiger partial charge < -0.3 is 5.11 Å². The van der Waals surface area contributed by atoms with E-state index >= 15 is 0 Å². The van der Waals surface area contributed by atoms with Gasteiger partial charge in [0, 0.05) is 6.20 Å². The number of aryl methyl sites for hydroxylation is 1. The summed E-state index contributed by atoms with van der Waals surface area (Å²) in [5, 5.41) is 8.38. The third kappa shape index (κ3) is 4.88. The SMILES string of the molecule is Cc1ccnc(F)c1.O=C(O)c1ccccc1. The molecule has 0 saturated carbocycles. The quantitative estimate of drug-likeness (QED) is 0.770. The Bertz CT molecular complexity index is 469. The van der Waals surface area contributed by atoms with Crippen LogP contribution in [0, 0.1) is 12.9 Å². The molecule has 1 aromatic carbocycles. The van der Waals surface area contributed by atoms with Crippen molar-refractivity contribution >= 4 is 5.97 Å². The van der Waals surface area contributed by atoms with Gasteiger partial charge in [0.2, 0.25) is 5.95 Å². The number of benzene rings is 1. The number of aromatic nitrogens is 1. The van der Waals surface area contributed by atoms with Gasteiger partial charge in [-0.3, -0.25) is 0 Å². The van der Waals surface area contributed by atoms with Gasteiger partial charge in [0.05, 0.1) is 5.56 Å². The maximum Gasteiger partial charge on any atom is 0.335 e. The van der Waals surface area contributed by atoms with Crippen LogP contribution in [0.2, 0.25) is 0 Å². The topological polar surface area (TPSA) is 50.2 Å². The summed E-state index contributed by atoms with van der Waals surface area (Å²) >= 11 is 0. The van der Waals surface area contributed by atoms with Crippen LogP contribution in [0.5, 0.6) is 0 Å². The van der Waals surface area contributed by atoms with Crippen LogP contribution >= 0.6 is 0 Å². The van der Waals surface area contributed by atoms with Crippen LogP contribution in [0.15, 0.2) is 48.7 Å². The highest BCUT2D eigenvalue weighted by Gasteiger charge is 1.96. The van der Waals surface area contributed by atoms with Gasteiger partial charge in [-0.15, -0.1) is 0 Å². The second-order valence-electron chi connectivity index (χ2n) is 3.33. The average molecular weight is 233 g/mol. The second kappa shape index (κ2) is 6.37. The summed E-state index contributed by atoms with van der Waals surface area (Å²) in [4.78, 5) is 13.6. The van der Waals surface area contributed by atoms with Gasteiger partial charge >= 0.3 is 5.97 Å². The molecule has 0 aliphatic carbocycles. The monoisotopic (exact) mass is 233 g/mol. The Morgan fingerprint density at radius 2 is 1.88 bits per heavy atom. The summed E-state index contributed by atoms with van der Waals surface area (Å²) in [5.41, 5.74) is 1.23. The zero-order chi connectivity index (χ0) is 12.7. The molecule has 0 atom stereocenters. The first-order chi connectivity index (χ1) is 8.09. The van der Waals surface area contributed by atoms with Crippen molar-refractivity contribution in [1.29, 1.82) is 0 Å². The van der Waals surface area contributed by atoms with E-state index in [1.165, 1.54) is 12.3 Å². The Balaban J connectivity index is 0.000000171. The van der Waals surface area contributed by atoms with Gasteiger partial charge in [0.1, 0.15) is 0 Å². The van der Waals surface area contributed by atoms with Crippen molar-refractivity contribution in [3.05, 3.63) is 65.7 Å². The largest absolute Gasteiger partial charge is 0.478 e. The van der Waals surface area contributed by atoms with Crippen molar-refractivity contribution in [3.63, 3.8) is 0 Å². The molecule has 0 bridgehead atoms. The number of rotatable bonds is 1. The normalized spacial score (nSPS) is 9.06. The molecule has 1 N–H and O–H groups in total. The van der Waals surface area contributed by atoms with Crippen LogP contribution in [-0.4, -0.2) is 16.1 Å². The van der Waals surface area contributed by atoms with Gasteiger partial charge in [-0.05, 0) is 36.8 Å². The van der Waals surface area contributed by atoms with Crippen molar-refractivity contribution in [2.45, 2.75) is 6.92 Å². The zero-order valence-corrected chi connectivity index (χ0v) is 9.30. The van der Waals surface area contributed by atoms with E-state index in [-0.39, 0.29) is 0 Å². The predicted molar refractivity (Wildman–Crippen MR) is 62.3 cm³/mol. The van der Waals surface area contributed by atoms with E-state index in [1.54, 1.807) is 36.4 Å². The summed E-state index contributed by atoms with van der Waals surface area (Å²) < 4.78 is 12.1. The minimum absolute atomic E-state index is 0.331. The van der Waals surface area contributed by atoms with Crippen molar-refractivity contribution in [1.82, 2.24) is 4.98 Å². The number of halogens is 1. The van der Waals surface area contributed by atoms with Crippen LogP contribution in [-0.2, 0) is 0 Å². The lowest BCUT2D eigenvalue weighted by Crippen LogP contribution is -1.93. The van der Waals surface area contributed by atoms with Crippen LogP contribution < -0.4 is 0 Å². The van der Waals surface area contributed by atoms with E-state index < -0.39 is 11.9 Å². The van der Waals surface area contributed by atoms with Crippen molar-refractivity contribution in [2.75, 3.05) is 0 Å². The molecule has 0 amide bonds. The highest BCUT2D eigenvalue weighted by atomic mass is 19.1. The van der Waals surface area contributed by atoms with Gasteiger partial charge in [0.25, 0.3) is 0 Å². The summed E-state index contributed by atoms with van der Waals surface area (Å²) in [7, 11) is 0. The van der Waals surface area contributed by atoms with Crippen molar-refractivity contribution < 1.29 is 14.3 Å². The number of hydrogen-bond acceptors (Lipinski definition) is 2. The number of carbonyl (C=O) groups is 1. The minimum atomic E-state index is -0.879. The summed E-state index contributed by atoms with van der Waals surface area (Å²) in [6.07, 6.45) is 1.45. The van der Waals surface area contributed by atoms with Crippen molar-refractivity contribution in [3.8, 4) is 0 Å². The zero-order valence-electron chi connectivity index (χ0n) is 9.30. The molecule has 0 radical (unpaired) electrons. The van der Waals surface area contributed by atoms with E-state index in [4.69, 9.17) is 5.11 Å². The lowest BCUT2D eigenvalue weighted by atomic mass is 10.2. The van der Waals surface area contributed by atoms with Gasteiger partial charge in [0.15, 0.2) is 0 Å². The molecular weight excluding hydrogens is 221 g/mol. The van der Waals surface area contributed by atoms with E-state index in [0.717, 1.165) is 5.56 Å². The number of hydrogen-bond donors (Lipinski definition) is 1. The molecule has 2 aromatic rings. The molecule has 0 saturated heterocycles. The van der Waals surface area contributed by atoms with E-state index in [9.17, 15) is 9.18 Å². The number of carboxylic acids is 1. The maximum absolute atomic E-state index is 12.1. The predicted octanol–water partition coefficient (Wildman–Crippen LogP) is 2.91. The number of aromatic carboxylic acids is 1. The smallest absolute Gasteiger partial charge is 0.335 e. The van der Waals surface area contributed by atoms with Gasteiger partial charge in [-0.1, -0.05) is 18.2 Å². The Kier molecular flexibility index (Phi) is 4.81. The fraction of sp³-hybridized carbons (Fsp3) is 0.0769. The van der Waals surface area contributed by atoms with E-state index in [1.807, 2.05) is 6.92 Å². The highest BCUT2D eigenvalue weighted by Crippen LogP contribution is 1.96. The first-order valence-corrected chi connectivity index (χ1v) is 4.96. The molecule has 0 spiro atoms. The van der Waals surface area contributed by atoms with Gasteiger partial charge in [-0.2, -0.15) is 4.39 Å². The first-order valence-electron chi connectivity index (χ1n) is 4.96. The Morgan fingerprint density at radius 1 is 1.24 bits per heavy atom. The molecule has 0 unspecified atom stereocenters. The Labute approximate surface area is 98.6 Å². The molecule has 17 heavy (non-hydrogen) atoms. The molecule has 4 heteroatoms. The minimum Gasteiger partial charge on any atom is -0.478 e. The third-order valence-corrected chi connectivity index (χ3v) is 1.90. The summed E-state index contributed by atoms with van der Waals surface area (Å²) in [6.45, 7) is 1.82. The average Bonchev–Trinajstić information content (AvgIpc) is 2.30. The Morgan fingerprint density at radius 3 is 2.24 bits per heavy atom. The standard InChI is InChI=1S/C7H6O2.C6H6FN/c8-7(9)6-4-2-1-3-5-6;1-5-2-3-8-6(7)4-5/h1-5H,(H,8,9);2-4H,1H3. The lowest BCUT2D eigenvalue weighted by molar-refractivity contribution is 0.0697. The van der Waals surface area contributed by atoms with Gasteiger partial charge in [-0.25, -0.2) is 9.78 Å². The Hall–Kier alpha value is -2.23. The van der Waals surface area contributed by atoms with Crippen LogP contribution in [0.25, 0.3) is 0 Å². The van der Waals surface area contributed by atoms with Crippen LogP contribution in [0.3, 0.4) is 0 Å². The number of nitrogens with zero attached hydrogens (tertiary/aromatic N) is 1. The van der Waals surface area contributed by atoms with Crippen LogP contribution in [0.1, 0.15) is 15.9 Å². The molecule has 2 rings (SSSR count). The second-order valence-corrected chi connectivity index (χ2v) is 3.33. The number of carboxylic acid groups (broad SMARTS) is 1. The third-order valence-electron chi connectivity index (χ3n) is 1.90. The molecule has 0 aliphatic rings. The lowest BCUT2D eigenvalue weighted by Gasteiger charge is -1.88. The fourth-order valence-electron chi connectivity index (χ4n) is 1.08. The molecular formula is C13H12FNO2. The highest BCUT2D eigenvalue weighted by molar-refractivity contribution is 5.87. The molecule has 1 aromatic heterocycles. The summed E-state index contributed by atoms with van der Waals surface area (Å²) in [5.74, 6) is -1.29. The first kappa shape index (κ1) is 12.8. The number of pyridine rings is 1. The maximum atomic E-state index is 12.1. The summed E-state index contributed by atoms with van der Waals surface area (Å²) in [6, 6.07) is 11.4. The van der Waals surface area contributed by atoms with E-state index in [0.29, 0.717) is 5.56 Å². The molecule has 1 heterocycles. The molecule has 3 nitrogen and oxygen atoms in total. The van der Waals surface area contributed by atoms with Crippen molar-refractivity contribution in [2.24, 2.45) is 0 Å². The molecule has 0 aliphatic heterocycles. The fourth-order valence-corrected chi connectivity index (χ4v) is 1.08.